The number of ether oxygens (including phenoxy) is 1. The molecule has 1 aliphatic rings. The molecule has 5 heteroatoms. The highest BCUT2D eigenvalue weighted by molar-refractivity contribution is 4.89. The molecular formula is C7H14O5. The highest BCUT2D eigenvalue weighted by Crippen LogP contribution is 2.20. The average Bonchev–Trinajstić information content (AvgIpc) is 2.08. The molecule has 0 spiro atoms. The Hall–Kier alpha value is -0.200. The van der Waals surface area contributed by atoms with Crippen molar-refractivity contribution in [2.45, 2.75) is 37.4 Å². The van der Waals surface area contributed by atoms with Gasteiger partial charge in [-0.2, -0.15) is 0 Å². The highest BCUT2D eigenvalue weighted by Gasteiger charge is 2.41. The third kappa shape index (κ3) is 1.60. The van der Waals surface area contributed by atoms with Crippen LogP contribution in [0.3, 0.4) is 0 Å². The van der Waals surface area contributed by atoms with Gasteiger partial charge >= 0.3 is 0 Å². The van der Waals surface area contributed by atoms with Crippen molar-refractivity contribution in [3.8, 4) is 0 Å². The van der Waals surface area contributed by atoms with E-state index in [0.29, 0.717) is 0 Å². The van der Waals surface area contributed by atoms with Gasteiger partial charge in [0.2, 0.25) is 0 Å². The van der Waals surface area contributed by atoms with E-state index in [1.807, 2.05) is 0 Å². The molecule has 5 nitrogen and oxygen atoms in total. The maximum atomic E-state index is 9.23. The normalized spacial score (nSPS) is 49.2. The molecule has 0 bridgehead atoms. The molecule has 2 unspecified atom stereocenters. The Kier molecular flexibility index (Phi) is 3.03. The fraction of sp³-hybridized carbons (Fsp3) is 1.00. The summed E-state index contributed by atoms with van der Waals surface area (Å²) in [4.78, 5) is 0. The third-order valence-corrected chi connectivity index (χ3v) is 2.13. The molecule has 0 aromatic carbocycles. The predicted octanol–water partition coefficient (Wildman–Crippen LogP) is -2.15. The molecule has 1 aliphatic heterocycles. The third-order valence-electron chi connectivity index (χ3n) is 2.13. The molecule has 1 rings (SSSR count). The smallest absolute Gasteiger partial charge is 0.111 e. The van der Waals surface area contributed by atoms with E-state index in [2.05, 4.69) is 0 Å². The number of aliphatic hydroxyl groups is 4. The molecule has 0 saturated carbocycles. The molecule has 1 fully saturated rings. The van der Waals surface area contributed by atoms with Crippen LogP contribution in [0.15, 0.2) is 0 Å². The fourth-order valence-corrected chi connectivity index (χ4v) is 1.29. The van der Waals surface area contributed by atoms with Gasteiger partial charge in [-0.05, 0) is 6.92 Å². The second kappa shape index (κ2) is 3.68. The van der Waals surface area contributed by atoms with Crippen LogP contribution >= 0.6 is 0 Å². The van der Waals surface area contributed by atoms with Crippen molar-refractivity contribution in [3.63, 3.8) is 0 Å². The van der Waals surface area contributed by atoms with E-state index < -0.39 is 30.5 Å². The van der Waals surface area contributed by atoms with E-state index in [-0.39, 0.29) is 6.61 Å². The average molecular weight is 178 g/mol. The van der Waals surface area contributed by atoms with Gasteiger partial charge in [-0.25, -0.2) is 0 Å². The van der Waals surface area contributed by atoms with Crippen LogP contribution in [-0.4, -0.2) is 57.6 Å². The Morgan fingerprint density at radius 2 is 1.67 bits per heavy atom. The number of hydrogen-bond donors (Lipinski definition) is 4. The van der Waals surface area contributed by atoms with E-state index in [1.165, 1.54) is 0 Å². The van der Waals surface area contributed by atoms with Crippen LogP contribution in [0.5, 0.6) is 0 Å². The zero-order chi connectivity index (χ0) is 9.30. The summed E-state index contributed by atoms with van der Waals surface area (Å²) in [5, 5.41) is 36.4. The zero-order valence-corrected chi connectivity index (χ0v) is 6.79. The molecule has 0 aromatic rings. The molecule has 0 aromatic heterocycles. The van der Waals surface area contributed by atoms with Gasteiger partial charge in [0.25, 0.3) is 0 Å². The van der Waals surface area contributed by atoms with Gasteiger partial charge in [0.1, 0.15) is 24.4 Å². The van der Waals surface area contributed by atoms with E-state index in [9.17, 15) is 15.3 Å². The Morgan fingerprint density at radius 3 is 2.17 bits per heavy atom. The Bertz CT molecular complexity index is 146. The van der Waals surface area contributed by atoms with E-state index in [1.54, 1.807) is 6.92 Å². The Balaban J connectivity index is 2.63. The summed E-state index contributed by atoms with van der Waals surface area (Å²) in [6.07, 6.45) is -4.94. The van der Waals surface area contributed by atoms with Gasteiger partial charge in [0.15, 0.2) is 0 Å². The lowest BCUT2D eigenvalue weighted by molar-refractivity contribution is -0.224. The molecule has 0 aliphatic carbocycles. The molecule has 12 heavy (non-hydrogen) atoms. The second-order valence-electron chi connectivity index (χ2n) is 3.03. The first-order chi connectivity index (χ1) is 5.57. The van der Waals surface area contributed by atoms with Crippen molar-refractivity contribution in [2.75, 3.05) is 6.61 Å². The summed E-state index contributed by atoms with van der Waals surface area (Å²) >= 11 is 0. The van der Waals surface area contributed by atoms with Crippen LogP contribution in [-0.2, 0) is 4.74 Å². The summed E-state index contributed by atoms with van der Waals surface area (Å²) in [5.74, 6) is 0. The standard InChI is InChI=1S/C7H14O5/c1-3-5(9)7(11)6(10)4(2-8)12-3/h3-11H,2H2,1H3/t3-,4?,5?,6+,7-/m1/s1. The van der Waals surface area contributed by atoms with Crippen LogP contribution in [0.4, 0.5) is 0 Å². The van der Waals surface area contributed by atoms with Crippen LogP contribution in [0, 0.1) is 0 Å². The molecule has 0 radical (unpaired) electrons. The van der Waals surface area contributed by atoms with Gasteiger partial charge in [-0.15, -0.1) is 0 Å². The van der Waals surface area contributed by atoms with Gasteiger partial charge in [0, 0.05) is 0 Å². The van der Waals surface area contributed by atoms with Gasteiger partial charge in [-0.3, -0.25) is 0 Å². The summed E-state index contributed by atoms with van der Waals surface area (Å²) in [6.45, 7) is 1.21. The largest absolute Gasteiger partial charge is 0.394 e. The van der Waals surface area contributed by atoms with Crippen LogP contribution in [0.2, 0.25) is 0 Å². The van der Waals surface area contributed by atoms with Crippen molar-refractivity contribution >= 4 is 0 Å². The zero-order valence-electron chi connectivity index (χ0n) is 6.79. The molecule has 72 valence electrons. The number of rotatable bonds is 1. The lowest BCUT2D eigenvalue weighted by atomic mass is 9.96. The van der Waals surface area contributed by atoms with Crippen molar-refractivity contribution in [2.24, 2.45) is 0 Å². The first kappa shape index (κ1) is 9.88. The van der Waals surface area contributed by atoms with Gasteiger partial charge in [-0.1, -0.05) is 0 Å². The summed E-state index contributed by atoms with van der Waals surface area (Å²) < 4.78 is 5.02. The highest BCUT2D eigenvalue weighted by atomic mass is 16.5. The molecule has 0 amide bonds. The number of aliphatic hydroxyl groups excluding tert-OH is 4. The predicted molar refractivity (Wildman–Crippen MR) is 39.4 cm³/mol. The van der Waals surface area contributed by atoms with Crippen molar-refractivity contribution in [1.29, 1.82) is 0 Å². The summed E-state index contributed by atoms with van der Waals surface area (Å²) in [7, 11) is 0. The quantitative estimate of drug-likeness (QED) is 0.367. The minimum atomic E-state index is -1.24. The fourth-order valence-electron chi connectivity index (χ4n) is 1.29. The minimum absolute atomic E-state index is 0.366. The van der Waals surface area contributed by atoms with Crippen LogP contribution < -0.4 is 0 Å². The monoisotopic (exact) mass is 178 g/mol. The van der Waals surface area contributed by atoms with Crippen molar-refractivity contribution in [1.82, 2.24) is 0 Å². The Morgan fingerprint density at radius 1 is 1.08 bits per heavy atom. The van der Waals surface area contributed by atoms with E-state index >= 15 is 0 Å². The van der Waals surface area contributed by atoms with E-state index in [4.69, 9.17) is 9.84 Å². The molecule has 1 heterocycles. The maximum absolute atomic E-state index is 9.23. The molecule has 1 saturated heterocycles. The lowest BCUT2D eigenvalue weighted by Crippen LogP contribution is -2.57. The maximum Gasteiger partial charge on any atom is 0.111 e. The topological polar surface area (TPSA) is 90.2 Å². The first-order valence-electron chi connectivity index (χ1n) is 3.88. The Labute approximate surface area is 70.2 Å². The van der Waals surface area contributed by atoms with Crippen LogP contribution in [0.1, 0.15) is 6.92 Å². The summed E-state index contributed by atoms with van der Waals surface area (Å²) in [5.41, 5.74) is 0. The summed E-state index contributed by atoms with van der Waals surface area (Å²) in [6, 6.07) is 0. The minimum Gasteiger partial charge on any atom is -0.394 e. The van der Waals surface area contributed by atoms with Gasteiger partial charge < -0.3 is 25.2 Å². The van der Waals surface area contributed by atoms with Gasteiger partial charge in [0.05, 0.1) is 12.7 Å². The number of hydrogen-bond acceptors (Lipinski definition) is 5. The van der Waals surface area contributed by atoms with Crippen molar-refractivity contribution in [3.05, 3.63) is 0 Å². The molecular weight excluding hydrogens is 164 g/mol. The molecule has 5 atom stereocenters. The SMILES string of the molecule is C[C@H]1OC(CO)[C@H](O)[C@H](O)C1O. The second-order valence-corrected chi connectivity index (χ2v) is 3.03. The van der Waals surface area contributed by atoms with E-state index in [0.717, 1.165) is 0 Å². The first-order valence-corrected chi connectivity index (χ1v) is 3.88. The molecule has 4 N–H and O–H groups in total. The van der Waals surface area contributed by atoms with Crippen molar-refractivity contribution < 1.29 is 25.2 Å². The lowest BCUT2D eigenvalue weighted by Gasteiger charge is -2.38. The van der Waals surface area contributed by atoms with Crippen LogP contribution in [0.25, 0.3) is 0 Å².